The third kappa shape index (κ3) is 3.65. The van der Waals surface area contributed by atoms with E-state index in [1.165, 1.54) is 16.9 Å². The van der Waals surface area contributed by atoms with Crippen LogP contribution in [0.5, 0.6) is 0 Å². The second kappa shape index (κ2) is 6.28. The zero-order valence-corrected chi connectivity index (χ0v) is 10.7. The van der Waals surface area contributed by atoms with Crippen LogP contribution < -0.4 is 11.1 Å². The number of aromatic nitrogens is 1. The van der Waals surface area contributed by atoms with Crippen molar-refractivity contribution in [2.24, 2.45) is 5.73 Å². The highest BCUT2D eigenvalue weighted by atomic mass is 32.1. The summed E-state index contributed by atoms with van der Waals surface area (Å²) >= 11 is 1.44. The van der Waals surface area contributed by atoms with Crippen LogP contribution in [-0.4, -0.2) is 17.4 Å². The van der Waals surface area contributed by atoms with Gasteiger partial charge in [0.2, 0.25) is 5.91 Å². The molecule has 5 heteroatoms. The highest BCUT2D eigenvalue weighted by molar-refractivity contribution is 7.13. The van der Waals surface area contributed by atoms with Gasteiger partial charge >= 0.3 is 0 Å². The van der Waals surface area contributed by atoms with Gasteiger partial charge in [0, 0.05) is 24.8 Å². The molecule has 3 N–H and O–H groups in total. The van der Waals surface area contributed by atoms with Gasteiger partial charge in [-0.3, -0.25) is 4.79 Å². The molecule has 0 saturated heterocycles. The summed E-state index contributed by atoms with van der Waals surface area (Å²) in [7, 11) is 0. The Balaban J connectivity index is 1.96. The predicted octanol–water partition coefficient (Wildman–Crippen LogP) is 2.02. The molecule has 0 fully saturated rings. The molecule has 0 radical (unpaired) electrons. The molecule has 4 nitrogen and oxygen atoms in total. The maximum atomic E-state index is 11.4. The lowest BCUT2D eigenvalue weighted by Crippen LogP contribution is -2.16. The van der Waals surface area contributed by atoms with E-state index in [-0.39, 0.29) is 5.91 Å². The van der Waals surface area contributed by atoms with Gasteiger partial charge < -0.3 is 11.1 Å². The lowest BCUT2D eigenvalue weighted by Gasteiger charge is -1.99. The summed E-state index contributed by atoms with van der Waals surface area (Å²) in [5.74, 6) is -0.0851. The van der Waals surface area contributed by atoms with E-state index in [4.69, 9.17) is 5.73 Å². The molecule has 2 aromatic rings. The lowest BCUT2D eigenvalue weighted by molar-refractivity contribution is -0.116. The van der Waals surface area contributed by atoms with Crippen molar-refractivity contribution >= 4 is 22.4 Å². The Kier molecular flexibility index (Phi) is 4.44. The zero-order valence-electron chi connectivity index (χ0n) is 9.93. The summed E-state index contributed by atoms with van der Waals surface area (Å²) in [5, 5.41) is 5.34. The number of carbonyl (C=O) groups excluding carboxylic acids is 1. The van der Waals surface area contributed by atoms with Gasteiger partial charge in [-0.15, -0.1) is 11.3 Å². The first-order valence-corrected chi connectivity index (χ1v) is 6.64. The number of nitrogens with two attached hydrogens (primary N) is 1. The van der Waals surface area contributed by atoms with Gasteiger partial charge in [-0.2, -0.15) is 0 Å². The minimum atomic E-state index is -0.0851. The van der Waals surface area contributed by atoms with Crippen LogP contribution in [0.2, 0.25) is 0 Å². The van der Waals surface area contributed by atoms with Gasteiger partial charge in [0.05, 0.1) is 5.69 Å². The van der Waals surface area contributed by atoms with Crippen LogP contribution in [-0.2, 0) is 11.2 Å². The number of benzene rings is 1. The molecule has 0 unspecified atom stereocenters. The molecule has 0 spiro atoms. The molecule has 0 aliphatic rings. The molecule has 1 aromatic heterocycles. The second-order valence-corrected chi connectivity index (χ2v) is 4.75. The highest BCUT2D eigenvalue weighted by Gasteiger charge is 2.06. The minimum Gasteiger partial charge on any atom is -0.330 e. The molecule has 0 aliphatic heterocycles. The first kappa shape index (κ1) is 12.7. The first-order chi connectivity index (χ1) is 8.78. The van der Waals surface area contributed by atoms with Gasteiger partial charge in [0.15, 0.2) is 5.13 Å². The van der Waals surface area contributed by atoms with Crippen molar-refractivity contribution in [2.75, 3.05) is 11.9 Å². The number of thiazole rings is 1. The number of hydrogen-bond acceptors (Lipinski definition) is 4. The van der Waals surface area contributed by atoms with Gasteiger partial charge in [-0.05, 0) is 5.56 Å². The van der Waals surface area contributed by atoms with E-state index in [9.17, 15) is 4.79 Å². The summed E-state index contributed by atoms with van der Waals surface area (Å²) in [5.41, 5.74) is 7.49. The molecule has 0 bridgehead atoms. The van der Waals surface area contributed by atoms with Crippen LogP contribution in [0.4, 0.5) is 5.13 Å². The molecule has 2 rings (SSSR count). The Labute approximate surface area is 110 Å². The first-order valence-electron chi connectivity index (χ1n) is 5.76. The number of nitrogens with zero attached hydrogens (tertiary/aromatic N) is 1. The van der Waals surface area contributed by atoms with E-state index < -0.39 is 0 Å². The average Bonchev–Trinajstić information content (AvgIpc) is 2.78. The molecular formula is C13H15N3OS. The van der Waals surface area contributed by atoms with Crippen molar-refractivity contribution < 1.29 is 4.79 Å². The minimum absolute atomic E-state index is 0.0851. The quantitative estimate of drug-likeness (QED) is 0.865. The summed E-state index contributed by atoms with van der Waals surface area (Å²) in [6.45, 7) is 0.355. The van der Waals surface area contributed by atoms with Gasteiger partial charge in [0.25, 0.3) is 0 Å². The molecule has 18 heavy (non-hydrogen) atoms. The predicted molar refractivity (Wildman–Crippen MR) is 73.7 cm³/mol. The fourth-order valence-electron chi connectivity index (χ4n) is 1.56. The summed E-state index contributed by atoms with van der Waals surface area (Å²) in [4.78, 5) is 15.7. The number of hydrogen-bond donors (Lipinski definition) is 2. The molecular weight excluding hydrogens is 246 g/mol. The van der Waals surface area contributed by atoms with E-state index >= 15 is 0 Å². The molecule has 0 atom stereocenters. The van der Waals surface area contributed by atoms with Crippen molar-refractivity contribution in [2.45, 2.75) is 12.8 Å². The van der Waals surface area contributed by atoms with Crippen molar-refractivity contribution in [1.82, 2.24) is 4.98 Å². The van der Waals surface area contributed by atoms with E-state index in [1.807, 2.05) is 23.6 Å². The number of rotatable bonds is 5. The van der Waals surface area contributed by atoms with Crippen molar-refractivity contribution in [3.63, 3.8) is 0 Å². The van der Waals surface area contributed by atoms with Crippen LogP contribution in [0, 0.1) is 0 Å². The average molecular weight is 261 g/mol. The second-order valence-electron chi connectivity index (χ2n) is 3.89. The van der Waals surface area contributed by atoms with Crippen LogP contribution in [0.15, 0.2) is 35.7 Å². The van der Waals surface area contributed by atoms with Gasteiger partial charge in [0.1, 0.15) is 0 Å². The third-order valence-electron chi connectivity index (χ3n) is 2.40. The Hall–Kier alpha value is -1.72. The number of nitrogens with one attached hydrogen (secondary N) is 1. The molecule has 94 valence electrons. The fourth-order valence-corrected chi connectivity index (χ4v) is 2.29. The number of carbonyl (C=O) groups is 1. The maximum Gasteiger partial charge on any atom is 0.227 e. The third-order valence-corrected chi connectivity index (χ3v) is 3.20. The maximum absolute atomic E-state index is 11.4. The van der Waals surface area contributed by atoms with Crippen LogP contribution in [0.3, 0.4) is 0 Å². The fraction of sp³-hybridized carbons (Fsp3) is 0.231. The summed E-state index contributed by atoms with van der Waals surface area (Å²) in [6, 6.07) is 10.1. The van der Waals surface area contributed by atoms with Crippen LogP contribution in [0.25, 0.3) is 0 Å². The smallest absolute Gasteiger partial charge is 0.227 e. The SMILES string of the molecule is NCCC(=O)Nc1nc(Cc2ccccc2)cs1. The molecule has 1 heterocycles. The van der Waals surface area contributed by atoms with E-state index in [0.29, 0.717) is 18.1 Å². The highest BCUT2D eigenvalue weighted by Crippen LogP contribution is 2.18. The van der Waals surface area contributed by atoms with Crippen LogP contribution in [0.1, 0.15) is 17.7 Å². The lowest BCUT2D eigenvalue weighted by atomic mass is 10.1. The van der Waals surface area contributed by atoms with Crippen molar-refractivity contribution in [3.8, 4) is 0 Å². The normalized spacial score (nSPS) is 10.3. The standard InChI is InChI=1S/C13H15N3OS/c14-7-6-12(17)16-13-15-11(9-18-13)8-10-4-2-1-3-5-10/h1-5,9H,6-8,14H2,(H,15,16,17). The van der Waals surface area contributed by atoms with Crippen molar-refractivity contribution in [3.05, 3.63) is 47.0 Å². The topological polar surface area (TPSA) is 68.0 Å². The zero-order chi connectivity index (χ0) is 12.8. The van der Waals surface area contributed by atoms with E-state index in [1.54, 1.807) is 0 Å². The Morgan fingerprint density at radius 2 is 2.11 bits per heavy atom. The molecule has 0 aliphatic carbocycles. The van der Waals surface area contributed by atoms with E-state index in [2.05, 4.69) is 22.4 Å². The van der Waals surface area contributed by atoms with Gasteiger partial charge in [-0.1, -0.05) is 30.3 Å². The number of amides is 1. The van der Waals surface area contributed by atoms with Crippen LogP contribution >= 0.6 is 11.3 Å². The molecule has 0 saturated carbocycles. The Morgan fingerprint density at radius 1 is 1.33 bits per heavy atom. The largest absolute Gasteiger partial charge is 0.330 e. The van der Waals surface area contributed by atoms with Gasteiger partial charge in [-0.25, -0.2) is 4.98 Å². The summed E-state index contributed by atoms with van der Waals surface area (Å²) in [6.07, 6.45) is 1.11. The molecule has 1 amide bonds. The summed E-state index contributed by atoms with van der Waals surface area (Å²) < 4.78 is 0. The Morgan fingerprint density at radius 3 is 2.83 bits per heavy atom. The molecule has 1 aromatic carbocycles. The Bertz CT molecular complexity index is 510. The van der Waals surface area contributed by atoms with E-state index in [0.717, 1.165) is 12.1 Å². The van der Waals surface area contributed by atoms with Crippen molar-refractivity contribution in [1.29, 1.82) is 0 Å². The monoisotopic (exact) mass is 261 g/mol. The number of anilines is 1.